The number of carbonyl (C=O) groups is 2. The summed E-state index contributed by atoms with van der Waals surface area (Å²) in [5.41, 5.74) is 5.69. The second-order valence-corrected chi connectivity index (χ2v) is 9.99. The summed E-state index contributed by atoms with van der Waals surface area (Å²) < 4.78 is 0. The highest BCUT2D eigenvalue weighted by atomic mass is 32.1. The summed E-state index contributed by atoms with van der Waals surface area (Å²) in [7, 11) is 0. The first-order chi connectivity index (χ1) is 15.3. The van der Waals surface area contributed by atoms with Crippen LogP contribution in [0.4, 0.5) is 5.13 Å². The van der Waals surface area contributed by atoms with Crippen LogP contribution in [0.25, 0.3) is 11.3 Å². The standard InChI is InChI=1S/C24H33N5O2S/c1-15-11-16(2)22(17(3)12-15)20-14-32-24(26-20)27-21(30)13-28-7-9-29(10-8-28)18(4)23(31)25-19-5-6-19/h11-12,14,18-19H,5-10,13H2,1-4H3,(H,25,31)(H,26,27,30)/t18-/m1/s1. The van der Waals surface area contributed by atoms with Gasteiger partial charge in [-0.2, -0.15) is 0 Å². The van der Waals surface area contributed by atoms with Crippen LogP contribution < -0.4 is 10.6 Å². The van der Waals surface area contributed by atoms with Crippen molar-refractivity contribution in [3.8, 4) is 11.3 Å². The number of aryl methyl sites for hydroxylation is 3. The van der Waals surface area contributed by atoms with Crippen molar-refractivity contribution in [2.45, 2.75) is 52.6 Å². The Morgan fingerprint density at radius 3 is 2.41 bits per heavy atom. The lowest BCUT2D eigenvalue weighted by Crippen LogP contribution is -2.55. The minimum absolute atomic E-state index is 0.0452. The van der Waals surface area contributed by atoms with E-state index in [1.165, 1.54) is 28.0 Å². The van der Waals surface area contributed by atoms with Crippen molar-refractivity contribution >= 4 is 28.3 Å². The van der Waals surface area contributed by atoms with E-state index >= 15 is 0 Å². The average Bonchev–Trinajstić information content (AvgIpc) is 3.44. The van der Waals surface area contributed by atoms with Gasteiger partial charge in [-0.15, -0.1) is 11.3 Å². The summed E-state index contributed by atoms with van der Waals surface area (Å²) in [5.74, 6) is 0.0774. The summed E-state index contributed by atoms with van der Waals surface area (Å²) in [6.07, 6.45) is 2.21. The second kappa shape index (κ2) is 9.68. The normalized spacial score (nSPS) is 18.4. The van der Waals surface area contributed by atoms with Gasteiger partial charge in [0.1, 0.15) is 0 Å². The Hall–Kier alpha value is -2.29. The minimum atomic E-state index is -0.117. The Kier molecular flexibility index (Phi) is 6.93. The van der Waals surface area contributed by atoms with Gasteiger partial charge in [-0.1, -0.05) is 17.7 Å². The Bertz CT molecular complexity index is 969. The third-order valence-corrected chi connectivity index (χ3v) is 7.07. The maximum Gasteiger partial charge on any atom is 0.240 e. The van der Waals surface area contributed by atoms with Crippen molar-refractivity contribution in [2.24, 2.45) is 0 Å². The molecular weight excluding hydrogens is 422 g/mol. The summed E-state index contributed by atoms with van der Waals surface area (Å²) >= 11 is 1.46. The predicted molar refractivity (Wildman–Crippen MR) is 129 cm³/mol. The van der Waals surface area contributed by atoms with Crippen LogP contribution in [-0.2, 0) is 9.59 Å². The number of aromatic nitrogens is 1. The number of benzene rings is 1. The second-order valence-electron chi connectivity index (χ2n) is 9.13. The van der Waals surface area contributed by atoms with E-state index in [2.05, 4.69) is 58.3 Å². The molecule has 2 heterocycles. The monoisotopic (exact) mass is 455 g/mol. The van der Waals surface area contributed by atoms with E-state index in [4.69, 9.17) is 0 Å². The number of piperazine rings is 1. The number of anilines is 1. The molecule has 32 heavy (non-hydrogen) atoms. The van der Waals surface area contributed by atoms with Gasteiger partial charge in [-0.05, 0) is 51.7 Å². The zero-order valence-corrected chi connectivity index (χ0v) is 20.2. The van der Waals surface area contributed by atoms with Gasteiger partial charge in [-0.3, -0.25) is 19.4 Å². The number of rotatable bonds is 7. The summed E-state index contributed by atoms with van der Waals surface area (Å²) in [5, 5.41) is 8.68. The highest BCUT2D eigenvalue weighted by molar-refractivity contribution is 7.14. The van der Waals surface area contributed by atoms with Crippen LogP contribution >= 0.6 is 11.3 Å². The van der Waals surface area contributed by atoms with Crippen LogP contribution in [0.5, 0.6) is 0 Å². The van der Waals surface area contributed by atoms with Crippen LogP contribution in [0.3, 0.4) is 0 Å². The van der Waals surface area contributed by atoms with Gasteiger partial charge in [0, 0.05) is 43.2 Å². The van der Waals surface area contributed by atoms with Crippen molar-refractivity contribution in [1.82, 2.24) is 20.1 Å². The fourth-order valence-corrected chi connectivity index (χ4v) is 5.13. The van der Waals surface area contributed by atoms with Crippen molar-refractivity contribution in [2.75, 3.05) is 38.0 Å². The number of hydrogen-bond donors (Lipinski definition) is 2. The Morgan fingerprint density at radius 1 is 1.12 bits per heavy atom. The molecule has 0 unspecified atom stereocenters. The molecule has 2 aliphatic rings. The molecule has 1 aliphatic carbocycles. The summed E-state index contributed by atoms with van der Waals surface area (Å²) in [6.45, 7) is 11.7. The molecule has 1 aromatic heterocycles. The van der Waals surface area contributed by atoms with Crippen LogP contribution in [0.1, 0.15) is 36.5 Å². The molecule has 2 fully saturated rings. The minimum Gasteiger partial charge on any atom is -0.352 e. The van der Waals surface area contributed by atoms with Crippen LogP contribution in [-0.4, -0.2) is 71.4 Å². The lowest BCUT2D eigenvalue weighted by Gasteiger charge is -2.37. The predicted octanol–water partition coefficient (Wildman–Crippen LogP) is 2.96. The lowest BCUT2D eigenvalue weighted by atomic mass is 9.98. The van der Waals surface area contributed by atoms with Gasteiger partial charge in [0.2, 0.25) is 11.8 Å². The number of nitrogens with zero attached hydrogens (tertiary/aromatic N) is 3. The third kappa shape index (κ3) is 5.54. The van der Waals surface area contributed by atoms with E-state index in [-0.39, 0.29) is 17.9 Å². The first-order valence-electron chi connectivity index (χ1n) is 11.4. The van der Waals surface area contributed by atoms with E-state index < -0.39 is 0 Å². The zero-order valence-electron chi connectivity index (χ0n) is 19.4. The molecule has 1 aromatic carbocycles. The highest BCUT2D eigenvalue weighted by Gasteiger charge is 2.30. The average molecular weight is 456 g/mol. The first kappa shape index (κ1) is 22.9. The number of thiazole rings is 1. The van der Waals surface area contributed by atoms with Crippen molar-refractivity contribution in [3.63, 3.8) is 0 Å². The quantitative estimate of drug-likeness (QED) is 0.671. The van der Waals surface area contributed by atoms with Gasteiger partial charge >= 0.3 is 0 Å². The smallest absolute Gasteiger partial charge is 0.240 e. The molecule has 8 heteroatoms. The summed E-state index contributed by atoms with van der Waals surface area (Å²) in [6, 6.07) is 4.60. The Morgan fingerprint density at radius 2 is 1.78 bits per heavy atom. The van der Waals surface area contributed by atoms with Crippen molar-refractivity contribution < 1.29 is 9.59 Å². The third-order valence-electron chi connectivity index (χ3n) is 6.31. The number of hydrogen-bond acceptors (Lipinski definition) is 6. The molecule has 7 nitrogen and oxygen atoms in total. The molecular formula is C24H33N5O2S. The molecule has 1 saturated heterocycles. The largest absolute Gasteiger partial charge is 0.352 e. The lowest BCUT2D eigenvalue weighted by molar-refractivity contribution is -0.127. The molecule has 2 N–H and O–H groups in total. The van der Waals surface area contributed by atoms with Crippen LogP contribution in [0, 0.1) is 20.8 Å². The Labute approximate surface area is 194 Å². The van der Waals surface area contributed by atoms with Crippen molar-refractivity contribution in [3.05, 3.63) is 34.2 Å². The molecule has 1 aliphatic heterocycles. The van der Waals surface area contributed by atoms with E-state index in [9.17, 15) is 9.59 Å². The Balaban J connectivity index is 1.27. The SMILES string of the molecule is Cc1cc(C)c(-c2csc(NC(=O)CN3CCN([C@H](C)C(=O)NC4CC4)CC3)n2)c(C)c1. The number of nitrogens with one attached hydrogen (secondary N) is 2. The van der Waals surface area contributed by atoms with Gasteiger partial charge in [0.15, 0.2) is 5.13 Å². The van der Waals surface area contributed by atoms with Gasteiger partial charge in [0.25, 0.3) is 0 Å². The molecule has 0 spiro atoms. The molecule has 1 saturated carbocycles. The van der Waals surface area contributed by atoms with Crippen LogP contribution in [0.2, 0.25) is 0 Å². The van der Waals surface area contributed by atoms with Crippen molar-refractivity contribution in [1.29, 1.82) is 0 Å². The molecule has 0 bridgehead atoms. The molecule has 2 amide bonds. The topological polar surface area (TPSA) is 77.6 Å². The van der Waals surface area contributed by atoms with E-state index in [1.54, 1.807) is 0 Å². The van der Waals surface area contributed by atoms with E-state index in [0.717, 1.165) is 50.3 Å². The molecule has 0 radical (unpaired) electrons. The maximum absolute atomic E-state index is 12.6. The first-order valence-corrected chi connectivity index (χ1v) is 12.3. The molecule has 2 aromatic rings. The van der Waals surface area contributed by atoms with E-state index in [1.807, 2.05) is 12.3 Å². The maximum atomic E-state index is 12.6. The zero-order chi connectivity index (χ0) is 22.8. The highest BCUT2D eigenvalue weighted by Crippen LogP contribution is 2.31. The van der Waals surface area contributed by atoms with Gasteiger partial charge < -0.3 is 10.6 Å². The molecule has 1 atom stereocenters. The number of amides is 2. The van der Waals surface area contributed by atoms with Gasteiger partial charge in [0.05, 0.1) is 18.3 Å². The molecule has 4 rings (SSSR count). The fraction of sp³-hybridized carbons (Fsp3) is 0.542. The fourth-order valence-electron chi connectivity index (χ4n) is 4.42. The number of carbonyl (C=O) groups excluding carboxylic acids is 2. The summed E-state index contributed by atoms with van der Waals surface area (Å²) in [4.78, 5) is 33.9. The van der Waals surface area contributed by atoms with Crippen LogP contribution in [0.15, 0.2) is 17.5 Å². The molecule has 172 valence electrons. The van der Waals surface area contributed by atoms with E-state index in [0.29, 0.717) is 17.7 Å². The van der Waals surface area contributed by atoms with Gasteiger partial charge in [-0.25, -0.2) is 4.98 Å².